The van der Waals surface area contributed by atoms with Gasteiger partial charge in [-0.05, 0) is 48.4 Å². The van der Waals surface area contributed by atoms with Crippen LogP contribution in [0.25, 0.3) is 0 Å². The summed E-state index contributed by atoms with van der Waals surface area (Å²) in [6.07, 6.45) is 0.843. The number of ketones is 1. The number of nitrogens with zero attached hydrogens (tertiary/aromatic N) is 1. The van der Waals surface area contributed by atoms with Crippen LogP contribution in [0.3, 0.4) is 0 Å². The highest BCUT2D eigenvalue weighted by Crippen LogP contribution is 2.46. The Kier molecular flexibility index (Phi) is 7.24. The third-order valence-corrected chi connectivity index (χ3v) is 6.60. The van der Waals surface area contributed by atoms with Gasteiger partial charge in [0.1, 0.15) is 5.75 Å². The van der Waals surface area contributed by atoms with E-state index >= 15 is 0 Å². The van der Waals surface area contributed by atoms with Gasteiger partial charge in [0.2, 0.25) is 0 Å². The van der Waals surface area contributed by atoms with Crippen LogP contribution >= 0.6 is 0 Å². The lowest BCUT2D eigenvalue weighted by Gasteiger charge is -2.36. The molecule has 0 amide bonds. The molecule has 1 heterocycles. The van der Waals surface area contributed by atoms with E-state index < -0.39 is 16.8 Å². The lowest BCUT2D eigenvalue weighted by Crippen LogP contribution is -2.36. The van der Waals surface area contributed by atoms with Crippen molar-refractivity contribution in [1.29, 1.82) is 0 Å². The number of esters is 1. The summed E-state index contributed by atoms with van der Waals surface area (Å²) in [4.78, 5) is 37.9. The van der Waals surface area contributed by atoms with Crippen molar-refractivity contribution in [3.05, 3.63) is 92.3 Å². The van der Waals surface area contributed by atoms with Gasteiger partial charge >= 0.3 is 5.97 Å². The average molecular weight is 491 g/mol. The largest absolute Gasteiger partial charge is 0.497 e. The monoisotopic (exact) mass is 490 g/mol. The fourth-order valence-electron chi connectivity index (χ4n) is 4.89. The van der Waals surface area contributed by atoms with Gasteiger partial charge in [-0.1, -0.05) is 38.1 Å². The van der Waals surface area contributed by atoms with E-state index in [-0.39, 0.29) is 36.3 Å². The van der Waals surface area contributed by atoms with E-state index in [1.54, 1.807) is 26.2 Å². The Morgan fingerprint density at radius 3 is 2.50 bits per heavy atom. The van der Waals surface area contributed by atoms with Crippen molar-refractivity contribution in [2.45, 2.75) is 45.4 Å². The van der Waals surface area contributed by atoms with E-state index in [1.165, 1.54) is 12.1 Å². The molecule has 4 rings (SSSR count). The molecule has 1 aliphatic carbocycles. The number of non-ortho nitro benzene ring substituents is 1. The molecule has 0 aromatic heterocycles. The van der Waals surface area contributed by atoms with Crippen molar-refractivity contribution in [2.75, 3.05) is 13.7 Å². The van der Waals surface area contributed by atoms with Crippen molar-refractivity contribution >= 4 is 17.4 Å². The molecule has 0 saturated carbocycles. The number of hydrogen-bond donors (Lipinski definition) is 1. The first-order chi connectivity index (χ1) is 17.2. The van der Waals surface area contributed by atoms with Gasteiger partial charge in [-0.25, -0.2) is 4.79 Å². The third kappa shape index (κ3) is 5.03. The Bertz CT molecular complexity index is 1260. The van der Waals surface area contributed by atoms with Gasteiger partial charge in [0.25, 0.3) is 5.69 Å². The number of rotatable bonds is 7. The van der Waals surface area contributed by atoms with Crippen molar-refractivity contribution in [2.24, 2.45) is 5.92 Å². The maximum Gasteiger partial charge on any atom is 0.336 e. The quantitative estimate of drug-likeness (QED) is 0.324. The number of hydrogen-bond acceptors (Lipinski definition) is 7. The maximum atomic E-state index is 13.6. The molecule has 8 heteroatoms. The Morgan fingerprint density at radius 1 is 1.14 bits per heavy atom. The predicted octanol–water partition coefficient (Wildman–Crippen LogP) is 5.16. The van der Waals surface area contributed by atoms with Crippen LogP contribution in [-0.2, 0) is 14.3 Å². The van der Waals surface area contributed by atoms with Crippen LogP contribution < -0.4 is 10.1 Å². The van der Waals surface area contributed by atoms with Crippen molar-refractivity contribution in [3.63, 3.8) is 0 Å². The number of nitro groups is 1. The van der Waals surface area contributed by atoms with Crippen LogP contribution in [0, 0.1) is 16.0 Å². The number of Topliss-reactive ketones (excluding diaryl/α,β-unsaturated/α-hetero) is 1. The highest BCUT2D eigenvalue weighted by molar-refractivity contribution is 6.04. The Hall–Kier alpha value is -3.94. The second-order valence-electron chi connectivity index (χ2n) is 9.63. The maximum absolute atomic E-state index is 13.6. The summed E-state index contributed by atoms with van der Waals surface area (Å²) in [5.74, 6) is -0.526. The fraction of sp³-hybridized carbons (Fsp3) is 0.357. The molecule has 0 fully saturated rings. The zero-order chi connectivity index (χ0) is 26.0. The minimum Gasteiger partial charge on any atom is -0.497 e. The number of ether oxygens (including phenoxy) is 2. The van der Waals surface area contributed by atoms with Gasteiger partial charge in [-0.3, -0.25) is 14.9 Å². The molecule has 1 aliphatic heterocycles. The van der Waals surface area contributed by atoms with E-state index in [1.807, 2.05) is 38.1 Å². The first-order valence-electron chi connectivity index (χ1n) is 12.0. The number of nitro benzene ring substituents is 1. The van der Waals surface area contributed by atoms with Gasteiger partial charge in [-0.2, -0.15) is 0 Å². The molecule has 0 unspecified atom stereocenters. The molecule has 188 valence electrons. The summed E-state index contributed by atoms with van der Waals surface area (Å²) in [6, 6.07) is 13.8. The van der Waals surface area contributed by atoms with Crippen LogP contribution in [-0.4, -0.2) is 30.4 Å². The molecule has 2 aromatic rings. The summed E-state index contributed by atoms with van der Waals surface area (Å²) in [6.45, 7) is 5.89. The number of allylic oxidation sites excluding steroid dienone is 3. The molecule has 8 nitrogen and oxygen atoms in total. The van der Waals surface area contributed by atoms with E-state index in [4.69, 9.17) is 9.47 Å². The molecule has 0 bridgehead atoms. The van der Waals surface area contributed by atoms with Gasteiger partial charge in [0, 0.05) is 41.4 Å². The smallest absolute Gasteiger partial charge is 0.336 e. The normalized spacial score (nSPS) is 19.6. The summed E-state index contributed by atoms with van der Waals surface area (Å²) >= 11 is 0. The minimum absolute atomic E-state index is 0.0392. The second kappa shape index (κ2) is 10.4. The predicted molar refractivity (Wildman–Crippen MR) is 134 cm³/mol. The zero-order valence-electron chi connectivity index (χ0n) is 20.9. The minimum atomic E-state index is -0.745. The Balaban J connectivity index is 1.77. The molecule has 1 N–H and O–H groups in total. The number of carbonyl (C=O) groups excluding carboxylic acids is 2. The first-order valence-corrected chi connectivity index (χ1v) is 12.0. The van der Waals surface area contributed by atoms with Crippen LogP contribution in [0.1, 0.15) is 56.6 Å². The Morgan fingerprint density at radius 2 is 1.86 bits per heavy atom. The molecular formula is C28H30N2O6. The van der Waals surface area contributed by atoms with Crippen LogP contribution in [0.2, 0.25) is 0 Å². The van der Waals surface area contributed by atoms with Crippen LogP contribution in [0.5, 0.6) is 5.75 Å². The number of methoxy groups -OCH3 is 1. The summed E-state index contributed by atoms with van der Waals surface area (Å²) in [7, 11) is 1.61. The second-order valence-corrected chi connectivity index (χ2v) is 9.63. The Labute approximate surface area is 210 Å². The highest BCUT2D eigenvalue weighted by atomic mass is 16.6. The van der Waals surface area contributed by atoms with E-state index in [0.29, 0.717) is 28.8 Å². The standard InChI is InChI=1S/C28H30N2O6/c1-16(2)15-36-28(32)25-17(3)29-23-13-20(18-8-10-22(35-4)11-9-18)14-24(31)27(23)26(25)19-6-5-7-21(12-19)30(33)34/h5-12,16,20,26,29H,13-15H2,1-4H3/t20-,26-/m1/s1. The van der Waals surface area contributed by atoms with Crippen molar-refractivity contribution in [1.82, 2.24) is 5.32 Å². The SMILES string of the molecule is COc1ccc([C@H]2CC(=O)C3=C(C2)NC(C)=C(C(=O)OCC(C)C)[C@H]3c2cccc([N+](=O)[O-])c2)cc1. The lowest BCUT2D eigenvalue weighted by atomic mass is 9.71. The molecule has 0 saturated heterocycles. The molecule has 36 heavy (non-hydrogen) atoms. The number of dihydropyridines is 1. The van der Waals surface area contributed by atoms with Gasteiger partial charge in [0.05, 0.1) is 24.2 Å². The lowest BCUT2D eigenvalue weighted by molar-refractivity contribution is -0.384. The number of carbonyl (C=O) groups is 2. The molecule has 0 radical (unpaired) electrons. The molecule has 2 atom stereocenters. The molecule has 0 spiro atoms. The van der Waals surface area contributed by atoms with E-state index in [2.05, 4.69) is 5.32 Å². The van der Waals surface area contributed by atoms with Crippen LogP contribution in [0.15, 0.2) is 71.1 Å². The molecular weight excluding hydrogens is 460 g/mol. The highest BCUT2D eigenvalue weighted by Gasteiger charge is 2.41. The van der Waals surface area contributed by atoms with Gasteiger partial charge in [-0.15, -0.1) is 0 Å². The van der Waals surface area contributed by atoms with Gasteiger partial charge < -0.3 is 14.8 Å². The number of nitrogens with one attached hydrogen (secondary N) is 1. The summed E-state index contributed by atoms with van der Waals surface area (Å²) < 4.78 is 10.8. The fourth-order valence-corrected chi connectivity index (χ4v) is 4.89. The summed E-state index contributed by atoms with van der Waals surface area (Å²) in [5.41, 5.74) is 3.55. The average Bonchev–Trinajstić information content (AvgIpc) is 2.86. The summed E-state index contributed by atoms with van der Waals surface area (Å²) in [5, 5.41) is 14.8. The molecule has 2 aromatic carbocycles. The number of benzene rings is 2. The first kappa shape index (κ1) is 25.2. The topological polar surface area (TPSA) is 108 Å². The van der Waals surface area contributed by atoms with E-state index in [9.17, 15) is 19.7 Å². The van der Waals surface area contributed by atoms with E-state index in [0.717, 1.165) is 17.0 Å². The van der Waals surface area contributed by atoms with Crippen LogP contribution in [0.4, 0.5) is 5.69 Å². The van der Waals surface area contributed by atoms with Crippen molar-refractivity contribution < 1.29 is 24.0 Å². The third-order valence-electron chi connectivity index (χ3n) is 6.60. The molecule has 2 aliphatic rings. The van der Waals surface area contributed by atoms with Gasteiger partial charge in [0.15, 0.2) is 5.78 Å². The van der Waals surface area contributed by atoms with Crippen molar-refractivity contribution in [3.8, 4) is 5.75 Å². The zero-order valence-corrected chi connectivity index (χ0v) is 20.9.